The molecule has 1 N–H and O–H groups in total. The van der Waals surface area contributed by atoms with Crippen LogP contribution < -0.4 is 0 Å². The molecule has 0 aromatic rings. The molecule has 3 saturated heterocycles. The predicted octanol–water partition coefficient (Wildman–Crippen LogP) is 0.949. The Morgan fingerprint density at radius 1 is 0.377 bits per heavy atom. The van der Waals surface area contributed by atoms with Crippen LogP contribution in [0.3, 0.4) is 0 Å². The van der Waals surface area contributed by atoms with Crippen LogP contribution in [-0.4, -0.2) is 177 Å². The number of rotatable bonds is 24. The minimum absolute atomic E-state index is 0.0238. The lowest BCUT2D eigenvalue weighted by atomic mass is 9.96. The summed E-state index contributed by atoms with van der Waals surface area (Å²) in [6.07, 6.45) is -19.9. The molecule has 0 unspecified atom stereocenters. The number of hydrogen-bond donors (Lipinski definition) is 1. The highest BCUT2D eigenvalue weighted by Crippen LogP contribution is 2.36. The molecule has 3 aliphatic rings. The van der Waals surface area contributed by atoms with E-state index in [1.807, 2.05) is 0 Å². The SMILES string of the molecule is CCCCCCCCO[C@@H]1O[C@H](CO[C@@H]2O[C@H](COC(C)=O)[C@@H](OC(C)=O)[C@H](OC(C)=O)[C@H]2OC(C)=O)[C@@H](OC(C)=O)[C@H](O[C@@H]2O[C@H](COC(C)=O)[C@@H](OC(C)=O)[C@H](O)[C@H]2OC(C)=O)[C@H]1OC(C)=O. The Morgan fingerprint density at radius 2 is 0.739 bits per heavy atom. The Balaban J connectivity index is 2.20. The van der Waals surface area contributed by atoms with E-state index in [0.717, 1.165) is 94.4 Å². The molecule has 0 radical (unpaired) electrons. The highest BCUT2D eigenvalue weighted by atomic mass is 16.8. The summed E-state index contributed by atoms with van der Waals surface area (Å²) in [5.41, 5.74) is 0. The Bertz CT molecular complexity index is 1750. The zero-order chi connectivity index (χ0) is 51.5. The summed E-state index contributed by atoms with van der Waals surface area (Å²) in [6, 6.07) is 0. The van der Waals surface area contributed by atoms with E-state index in [2.05, 4.69) is 6.92 Å². The van der Waals surface area contributed by atoms with Crippen molar-refractivity contribution in [3.63, 3.8) is 0 Å². The first-order valence-electron chi connectivity index (χ1n) is 22.5. The number of aliphatic hydroxyl groups excluding tert-OH is 1. The summed E-state index contributed by atoms with van der Waals surface area (Å²) in [5.74, 6) is -7.98. The van der Waals surface area contributed by atoms with Crippen LogP contribution in [0.25, 0.3) is 0 Å². The number of carbonyl (C=O) groups is 9. The number of carbonyl (C=O) groups excluding carboxylic acids is 9. The minimum Gasteiger partial charge on any atom is -0.463 e. The van der Waals surface area contributed by atoms with Crippen molar-refractivity contribution in [2.24, 2.45) is 0 Å². The van der Waals surface area contributed by atoms with E-state index in [-0.39, 0.29) is 6.61 Å². The summed E-state index contributed by atoms with van der Waals surface area (Å²) in [6.45, 7) is 9.56. The largest absolute Gasteiger partial charge is 0.463 e. The summed E-state index contributed by atoms with van der Waals surface area (Å²) in [5, 5.41) is 11.6. The fourth-order valence-electron chi connectivity index (χ4n) is 7.69. The van der Waals surface area contributed by atoms with Gasteiger partial charge in [-0.05, 0) is 6.42 Å². The smallest absolute Gasteiger partial charge is 0.303 e. The van der Waals surface area contributed by atoms with Crippen LogP contribution in [0.5, 0.6) is 0 Å². The molecule has 0 aromatic heterocycles. The van der Waals surface area contributed by atoms with E-state index in [1.165, 1.54) is 0 Å². The summed E-state index contributed by atoms with van der Waals surface area (Å²) in [7, 11) is 0. The first kappa shape index (κ1) is 58.3. The zero-order valence-corrected chi connectivity index (χ0v) is 40.5. The van der Waals surface area contributed by atoms with Crippen LogP contribution in [0.15, 0.2) is 0 Å². The van der Waals surface area contributed by atoms with Crippen molar-refractivity contribution in [2.45, 2.75) is 200 Å². The number of hydrogen-bond acceptors (Lipinski definition) is 25. The van der Waals surface area contributed by atoms with E-state index in [4.69, 9.17) is 71.1 Å². The lowest BCUT2D eigenvalue weighted by Crippen LogP contribution is -2.67. The number of esters is 9. The molecular weight excluding hydrogens is 928 g/mol. The number of aliphatic hydroxyl groups is 1. The summed E-state index contributed by atoms with van der Waals surface area (Å²) >= 11 is 0. The Hall–Kier alpha value is -5.05. The lowest BCUT2D eigenvalue weighted by molar-refractivity contribution is -0.367. The molecule has 0 aromatic carbocycles. The van der Waals surface area contributed by atoms with Crippen molar-refractivity contribution in [1.82, 2.24) is 0 Å². The maximum atomic E-state index is 13.0. The lowest BCUT2D eigenvalue weighted by Gasteiger charge is -2.49. The van der Waals surface area contributed by atoms with Crippen molar-refractivity contribution in [2.75, 3.05) is 26.4 Å². The quantitative estimate of drug-likeness (QED) is 0.0799. The molecule has 3 aliphatic heterocycles. The van der Waals surface area contributed by atoms with Gasteiger partial charge in [-0.15, -0.1) is 0 Å². The van der Waals surface area contributed by atoms with Gasteiger partial charge >= 0.3 is 53.7 Å². The summed E-state index contributed by atoms with van der Waals surface area (Å²) in [4.78, 5) is 112. The molecule has 3 fully saturated rings. The minimum atomic E-state index is -1.92. The molecule has 3 heterocycles. The van der Waals surface area contributed by atoms with Gasteiger partial charge in [-0.1, -0.05) is 39.0 Å². The van der Waals surface area contributed by atoms with Gasteiger partial charge in [0.1, 0.15) is 43.7 Å². The van der Waals surface area contributed by atoms with Crippen LogP contribution in [0.1, 0.15) is 108 Å². The molecule has 25 heteroatoms. The second-order valence-corrected chi connectivity index (χ2v) is 16.3. The van der Waals surface area contributed by atoms with Gasteiger partial charge in [0.05, 0.1) is 6.61 Å². The normalized spacial score (nSPS) is 30.9. The molecule has 25 nitrogen and oxygen atoms in total. The first-order valence-corrected chi connectivity index (χ1v) is 22.5. The standard InChI is InChI=1S/C44H66O25/c1-11-12-13-14-15-16-17-55-42-41(65-29(10)53)39(69-44-37(62-26(7)50)33(54)34(59-23(4)47)30(68-44)18-56-21(2)45)36(61-25(6)49)32(66-42)20-58-43-40(64-28(9)52)38(63-27(8)51)35(60-24(5)48)31(67-43)19-57-22(3)46/h30-44,54H,11-20H2,1-10H3/t30-,31-,32-,33+,34-,35-,36-,37-,38+,39+,40-,41-,42-,43-,44+/m1/s1. The van der Waals surface area contributed by atoms with Crippen molar-refractivity contribution in [3.05, 3.63) is 0 Å². The van der Waals surface area contributed by atoms with E-state index in [0.29, 0.717) is 6.42 Å². The Morgan fingerprint density at radius 3 is 1.23 bits per heavy atom. The molecule has 0 aliphatic carbocycles. The maximum absolute atomic E-state index is 13.0. The van der Waals surface area contributed by atoms with Gasteiger partial charge in [0.15, 0.2) is 61.6 Å². The Kier molecular flexibility index (Phi) is 24.1. The fraction of sp³-hybridized carbons (Fsp3) is 0.795. The van der Waals surface area contributed by atoms with Gasteiger partial charge in [0.25, 0.3) is 0 Å². The first-order chi connectivity index (χ1) is 32.5. The molecule has 0 saturated carbocycles. The van der Waals surface area contributed by atoms with Crippen LogP contribution in [0, 0.1) is 0 Å². The van der Waals surface area contributed by atoms with Gasteiger partial charge in [-0.2, -0.15) is 0 Å². The Labute approximate surface area is 398 Å². The molecule has 15 atom stereocenters. The van der Waals surface area contributed by atoms with E-state index in [9.17, 15) is 48.3 Å². The molecule has 0 amide bonds. The zero-order valence-electron chi connectivity index (χ0n) is 40.5. The van der Waals surface area contributed by atoms with E-state index in [1.54, 1.807) is 0 Å². The van der Waals surface area contributed by atoms with E-state index < -0.39 is 166 Å². The topological polar surface area (TPSA) is 312 Å². The third-order valence-corrected chi connectivity index (χ3v) is 10.3. The predicted molar refractivity (Wildman–Crippen MR) is 224 cm³/mol. The molecule has 3 rings (SSSR count). The van der Waals surface area contributed by atoms with Gasteiger partial charge in [0, 0.05) is 68.9 Å². The van der Waals surface area contributed by atoms with Gasteiger partial charge in [0.2, 0.25) is 0 Å². The van der Waals surface area contributed by atoms with Crippen molar-refractivity contribution in [1.29, 1.82) is 0 Å². The van der Waals surface area contributed by atoms with Crippen molar-refractivity contribution < 1.29 is 119 Å². The average Bonchev–Trinajstić information content (AvgIpc) is 3.23. The second-order valence-electron chi connectivity index (χ2n) is 16.3. The van der Waals surface area contributed by atoms with Gasteiger partial charge < -0.3 is 76.2 Å². The third-order valence-electron chi connectivity index (χ3n) is 10.3. The monoisotopic (exact) mass is 994 g/mol. The number of ether oxygens (including phenoxy) is 15. The van der Waals surface area contributed by atoms with Crippen LogP contribution >= 0.6 is 0 Å². The van der Waals surface area contributed by atoms with Crippen LogP contribution in [0.2, 0.25) is 0 Å². The molecule has 0 bridgehead atoms. The van der Waals surface area contributed by atoms with Gasteiger partial charge in [-0.25, -0.2) is 0 Å². The van der Waals surface area contributed by atoms with Crippen LogP contribution in [0.4, 0.5) is 0 Å². The van der Waals surface area contributed by atoms with E-state index >= 15 is 0 Å². The van der Waals surface area contributed by atoms with Gasteiger partial charge in [-0.3, -0.25) is 43.2 Å². The molecule has 0 spiro atoms. The summed E-state index contributed by atoms with van der Waals surface area (Å²) < 4.78 is 86.4. The van der Waals surface area contributed by atoms with Crippen molar-refractivity contribution in [3.8, 4) is 0 Å². The highest BCUT2D eigenvalue weighted by molar-refractivity contribution is 5.70. The fourth-order valence-corrected chi connectivity index (χ4v) is 7.69. The van der Waals surface area contributed by atoms with Crippen molar-refractivity contribution >= 4 is 53.7 Å². The molecular formula is C44H66O25. The highest BCUT2D eigenvalue weighted by Gasteiger charge is 2.58. The third kappa shape index (κ3) is 19.0. The number of unbranched alkanes of at least 4 members (excludes halogenated alkanes) is 5. The maximum Gasteiger partial charge on any atom is 0.303 e. The second kappa shape index (κ2) is 28.6. The molecule has 392 valence electrons. The molecule has 69 heavy (non-hydrogen) atoms. The van der Waals surface area contributed by atoms with Crippen LogP contribution in [-0.2, 0) is 114 Å². The average molecular weight is 995 g/mol.